The van der Waals surface area contributed by atoms with E-state index in [1.165, 1.54) is 0 Å². The number of fused-ring (bicyclic) bond motifs is 2. The summed E-state index contributed by atoms with van der Waals surface area (Å²) < 4.78 is 3.96. The molecule has 0 saturated carbocycles. The van der Waals surface area contributed by atoms with Crippen molar-refractivity contribution in [2.45, 2.75) is 39.3 Å². The molecule has 0 fully saturated rings. The van der Waals surface area contributed by atoms with Crippen molar-refractivity contribution in [3.8, 4) is 0 Å². The zero-order valence-electron chi connectivity index (χ0n) is 16.0. The smallest absolute Gasteiger partial charge is 0.319 e. The third-order valence-corrected chi connectivity index (χ3v) is 4.67. The van der Waals surface area contributed by atoms with Crippen LogP contribution in [0.15, 0.2) is 49.2 Å². The van der Waals surface area contributed by atoms with Gasteiger partial charge in [-0.1, -0.05) is 13.8 Å². The summed E-state index contributed by atoms with van der Waals surface area (Å²) >= 11 is 0. The first-order valence-corrected chi connectivity index (χ1v) is 9.50. The Kier molecular flexibility index (Phi) is 4.92. The van der Waals surface area contributed by atoms with Crippen LogP contribution in [0.3, 0.4) is 0 Å². The first-order chi connectivity index (χ1) is 13.7. The summed E-state index contributed by atoms with van der Waals surface area (Å²) in [6, 6.07) is 7.14. The number of nitrogens with one attached hydrogen (secondary N) is 2. The third kappa shape index (κ3) is 3.53. The van der Waals surface area contributed by atoms with E-state index in [-0.39, 0.29) is 12.1 Å². The average molecular weight is 377 g/mol. The largest absolute Gasteiger partial charge is 0.331 e. The predicted octanol–water partition coefficient (Wildman–Crippen LogP) is 3.76. The molecule has 0 radical (unpaired) electrons. The minimum absolute atomic E-state index is 0.200. The van der Waals surface area contributed by atoms with Gasteiger partial charge in [-0.2, -0.15) is 0 Å². The molecule has 0 saturated heterocycles. The fraction of sp³-hybridized carbons (Fsp3) is 0.300. The Morgan fingerprint density at radius 3 is 2.93 bits per heavy atom. The van der Waals surface area contributed by atoms with E-state index in [1.807, 2.05) is 54.3 Å². The number of rotatable bonds is 6. The van der Waals surface area contributed by atoms with Crippen LogP contribution < -0.4 is 10.6 Å². The van der Waals surface area contributed by atoms with E-state index in [0.717, 1.165) is 36.1 Å². The molecular weight excluding hydrogens is 354 g/mol. The van der Waals surface area contributed by atoms with E-state index in [0.29, 0.717) is 11.5 Å². The first-order valence-electron chi connectivity index (χ1n) is 9.50. The number of aromatic nitrogens is 5. The van der Waals surface area contributed by atoms with E-state index in [1.54, 1.807) is 6.20 Å². The zero-order chi connectivity index (χ0) is 19.5. The maximum absolute atomic E-state index is 12.5. The molecule has 4 aromatic rings. The molecule has 8 nitrogen and oxygen atoms in total. The van der Waals surface area contributed by atoms with Crippen molar-refractivity contribution < 1.29 is 4.79 Å². The highest BCUT2D eigenvalue weighted by Gasteiger charge is 2.16. The summed E-state index contributed by atoms with van der Waals surface area (Å²) in [6.07, 6.45) is 9.08. The van der Waals surface area contributed by atoms with Crippen LogP contribution in [0.2, 0.25) is 0 Å². The van der Waals surface area contributed by atoms with Gasteiger partial charge < -0.3 is 15.2 Å². The summed E-state index contributed by atoms with van der Waals surface area (Å²) in [5.41, 5.74) is 3.42. The summed E-state index contributed by atoms with van der Waals surface area (Å²) in [6.45, 7) is 5.07. The summed E-state index contributed by atoms with van der Waals surface area (Å²) in [4.78, 5) is 25.7. The van der Waals surface area contributed by atoms with Gasteiger partial charge in [-0.05, 0) is 37.1 Å². The molecule has 3 heterocycles. The lowest BCUT2D eigenvalue weighted by Gasteiger charge is -2.15. The molecule has 0 aliphatic rings. The lowest BCUT2D eigenvalue weighted by atomic mass is 10.2. The van der Waals surface area contributed by atoms with Gasteiger partial charge in [-0.3, -0.25) is 4.40 Å². The van der Waals surface area contributed by atoms with Gasteiger partial charge in [-0.15, -0.1) is 0 Å². The predicted molar refractivity (Wildman–Crippen MR) is 108 cm³/mol. The molecule has 0 bridgehead atoms. The number of benzene rings is 1. The van der Waals surface area contributed by atoms with Gasteiger partial charge in [0.15, 0.2) is 0 Å². The Labute approximate surface area is 162 Å². The first kappa shape index (κ1) is 18.0. The third-order valence-electron chi connectivity index (χ3n) is 4.67. The van der Waals surface area contributed by atoms with Crippen LogP contribution in [-0.2, 0) is 6.54 Å². The van der Waals surface area contributed by atoms with E-state index in [9.17, 15) is 4.79 Å². The number of imidazole rings is 2. The molecule has 28 heavy (non-hydrogen) atoms. The summed E-state index contributed by atoms with van der Waals surface area (Å²) in [5.74, 6) is 0.617. The Balaban J connectivity index is 1.47. The molecule has 0 spiro atoms. The molecule has 0 aliphatic carbocycles. The van der Waals surface area contributed by atoms with Gasteiger partial charge in [-0.25, -0.2) is 19.7 Å². The van der Waals surface area contributed by atoms with Gasteiger partial charge in [0.05, 0.1) is 29.1 Å². The molecule has 2 amide bonds. The molecule has 144 valence electrons. The lowest BCUT2D eigenvalue weighted by Crippen LogP contribution is -2.32. The number of urea groups is 1. The van der Waals surface area contributed by atoms with Crippen LogP contribution in [0.1, 0.15) is 38.4 Å². The van der Waals surface area contributed by atoms with Crippen molar-refractivity contribution >= 4 is 28.5 Å². The maximum atomic E-state index is 12.5. The Morgan fingerprint density at radius 2 is 2.14 bits per heavy atom. The number of aryl methyl sites for hydroxylation is 1. The standard InChI is InChI=1S/C20H23N7O/c1-3-9-27-13-22-16-11-14(6-7-18(16)27)23-20(28)25-15(4-2)17-12-26-10-5-8-21-19(26)24-17/h5-8,10-13,15H,3-4,9H2,1-2H3,(H2,23,25,28)/t15-/m0/s1. The molecular formula is C20H23N7O. The van der Waals surface area contributed by atoms with Crippen LogP contribution in [-0.4, -0.2) is 30.0 Å². The van der Waals surface area contributed by atoms with Crippen molar-refractivity contribution in [1.29, 1.82) is 0 Å². The molecule has 1 aromatic carbocycles. The van der Waals surface area contributed by atoms with Crippen LogP contribution >= 0.6 is 0 Å². The molecule has 4 rings (SSSR count). The van der Waals surface area contributed by atoms with Gasteiger partial charge >= 0.3 is 6.03 Å². The SMILES string of the molecule is CCCn1cnc2cc(NC(=O)N[C@@H](CC)c3cn4cccnc4n3)ccc21. The van der Waals surface area contributed by atoms with Crippen molar-refractivity contribution in [1.82, 2.24) is 29.2 Å². The van der Waals surface area contributed by atoms with Crippen molar-refractivity contribution in [2.75, 3.05) is 5.32 Å². The average Bonchev–Trinajstić information content (AvgIpc) is 3.30. The molecule has 3 aromatic heterocycles. The van der Waals surface area contributed by atoms with Crippen molar-refractivity contribution in [3.05, 3.63) is 54.9 Å². The lowest BCUT2D eigenvalue weighted by molar-refractivity contribution is 0.248. The number of nitrogens with zero attached hydrogens (tertiary/aromatic N) is 5. The molecule has 8 heteroatoms. The number of amides is 2. The highest BCUT2D eigenvalue weighted by atomic mass is 16.2. The number of hydrogen-bond acceptors (Lipinski definition) is 4. The topological polar surface area (TPSA) is 89.1 Å². The quantitative estimate of drug-likeness (QED) is 0.535. The number of carbonyl (C=O) groups is 1. The fourth-order valence-electron chi connectivity index (χ4n) is 3.29. The number of hydrogen-bond donors (Lipinski definition) is 2. The fourth-order valence-corrected chi connectivity index (χ4v) is 3.29. The van der Waals surface area contributed by atoms with Gasteiger partial charge in [0.25, 0.3) is 0 Å². The second-order valence-electron chi connectivity index (χ2n) is 6.69. The minimum atomic E-state index is -0.274. The molecule has 0 unspecified atom stereocenters. The Bertz CT molecular complexity index is 1080. The highest BCUT2D eigenvalue weighted by Crippen LogP contribution is 2.20. The highest BCUT2D eigenvalue weighted by molar-refractivity contribution is 5.92. The van der Waals surface area contributed by atoms with Crippen LogP contribution in [0.4, 0.5) is 10.5 Å². The normalized spacial score (nSPS) is 12.4. The second kappa shape index (κ2) is 7.67. The molecule has 1 atom stereocenters. The molecule has 0 aliphatic heterocycles. The molecule has 2 N–H and O–H groups in total. The summed E-state index contributed by atoms with van der Waals surface area (Å²) in [7, 11) is 0. The van der Waals surface area contributed by atoms with Crippen LogP contribution in [0.5, 0.6) is 0 Å². The number of carbonyl (C=O) groups excluding carboxylic acids is 1. The van der Waals surface area contributed by atoms with E-state index in [2.05, 4.69) is 37.1 Å². The second-order valence-corrected chi connectivity index (χ2v) is 6.69. The van der Waals surface area contributed by atoms with E-state index < -0.39 is 0 Å². The van der Waals surface area contributed by atoms with Crippen LogP contribution in [0, 0.1) is 0 Å². The van der Waals surface area contributed by atoms with Crippen molar-refractivity contribution in [2.24, 2.45) is 0 Å². The van der Waals surface area contributed by atoms with Crippen LogP contribution in [0.25, 0.3) is 16.8 Å². The van der Waals surface area contributed by atoms with Gasteiger partial charge in [0.1, 0.15) is 0 Å². The van der Waals surface area contributed by atoms with Gasteiger partial charge in [0.2, 0.25) is 5.78 Å². The summed E-state index contributed by atoms with van der Waals surface area (Å²) in [5, 5.41) is 5.88. The Morgan fingerprint density at radius 1 is 1.25 bits per heavy atom. The van der Waals surface area contributed by atoms with Gasteiger partial charge in [0, 0.05) is 30.8 Å². The minimum Gasteiger partial charge on any atom is -0.331 e. The van der Waals surface area contributed by atoms with E-state index >= 15 is 0 Å². The Hall–Kier alpha value is -3.42. The maximum Gasteiger partial charge on any atom is 0.319 e. The van der Waals surface area contributed by atoms with E-state index in [4.69, 9.17) is 0 Å². The monoisotopic (exact) mass is 377 g/mol. The number of anilines is 1. The zero-order valence-corrected chi connectivity index (χ0v) is 16.0. The van der Waals surface area contributed by atoms with Crippen molar-refractivity contribution in [3.63, 3.8) is 0 Å².